The highest BCUT2D eigenvalue weighted by Gasteiger charge is 2.51. The van der Waals surface area contributed by atoms with E-state index in [1.165, 1.54) is 0 Å². The summed E-state index contributed by atoms with van der Waals surface area (Å²) in [6.45, 7) is 0. The number of alkyl halides is 1. The fourth-order valence-corrected chi connectivity index (χ4v) is 2.56. The van der Waals surface area contributed by atoms with E-state index in [1.54, 1.807) is 24.3 Å². The van der Waals surface area contributed by atoms with Crippen LogP contribution < -0.4 is 5.32 Å². The SMILES string of the molecule is O=C1N[C@H](CCl)[C@@H]1N1C(=O)c2ccccc2C1=O. The van der Waals surface area contributed by atoms with Gasteiger partial charge in [0.25, 0.3) is 11.8 Å². The van der Waals surface area contributed by atoms with Gasteiger partial charge in [0, 0.05) is 5.88 Å². The molecule has 2 aliphatic heterocycles. The number of carbonyl (C=O) groups is 3. The minimum absolute atomic E-state index is 0.170. The van der Waals surface area contributed by atoms with Crippen LogP contribution in [0.5, 0.6) is 0 Å². The van der Waals surface area contributed by atoms with Crippen LogP contribution in [-0.2, 0) is 4.79 Å². The molecule has 1 aromatic rings. The average molecular weight is 265 g/mol. The number of carbonyl (C=O) groups excluding carboxylic acids is 3. The molecule has 0 aromatic heterocycles. The monoisotopic (exact) mass is 264 g/mol. The lowest BCUT2D eigenvalue weighted by atomic mass is 9.99. The molecule has 0 bridgehead atoms. The Labute approximate surface area is 108 Å². The van der Waals surface area contributed by atoms with Gasteiger partial charge in [0.05, 0.1) is 17.2 Å². The summed E-state index contributed by atoms with van der Waals surface area (Å²) in [7, 11) is 0. The molecule has 18 heavy (non-hydrogen) atoms. The molecule has 2 atom stereocenters. The quantitative estimate of drug-likeness (QED) is 0.477. The number of nitrogens with one attached hydrogen (secondary N) is 1. The third-order valence-corrected chi connectivity index (χ3v) is 3.58. The molecular formula is C12H9ClN2O3. The van der Waals surface area contributed by atoms with E-state index in [2.05, 4.69) is 5.32 Å². The lowest BCUT2D eigenvalue weighted by Crippen LogP contribution is -2.70. The van der Waals surface area contributed by atoms with Crippen LogP contribution in [0.3, 0.4) is 0 Å². The molecule has 0 saturated carbocycles. The highest BCUT2D eigenvalue weighted by molar-refractivity contribution is 6.24. The number of benzene rings is 1. The Kier molecular flexibility index (Phi) is 2.38. The van der Waals surface area contributed by atoms with Crippen LogP contribution in [0.1, 0.15) is 20.7 Å². The third kappa shape index (κ3) is 1.31. The largest absolute Gasteiger partial charge is 0.348 e. The molecule has 3 rings (SSSR count). The molecule has 6 heteroatoms. The van der Waals surface area contributed by atoms with Gasteiger partial charge in [-0.3, -0.25) is 19.3 Å². The molecule has 0 spiro atoms. The van der Waals surface area contributed by atoms with E-state index in [0.29, 0.717) is 11.1 Å². The summed E-state index contributed by atoms with van der Waals surface area (Å²) in [4.78, 5) is 36.8. The summed E-state index contributed by atoms with van der Waals surface area (Å²) >= 11 is 5.68. The summed E-state index contributed by atoms with van der Waals surface area (Å²) in [5, 5.41) is 2.57. The van der Waals surface area contributed by atoms with Gasteiger partial charge in [-0.2, -0.15) is 0 Å². The summed E-state index contributed by atoms with van der Waals surface area (Å²) < 4.78 is 0. The summed E-state index contributed by atoms with van der Waals surface area (Å²) in [5.74, 6) is -1.02. The molecule has 2 heterocycles. The summed E-state index contributed by atoms with van der Waals surface area (Å²) in [6, 6.07) is 5.40. The van der Waals surface area contributed by atoms with Crippen LogP contribution in [0.15, 0.2) is 24.3 Å². The van der Waals surface area contributed by atoms with Crippen molar-refractivity contribution in [2.24, 2.45) is 0 Å². The van der Waals surface area contributed by atoms with E-state index in [-0.39, 0.29) is 17.8 Å². The number of hydrogen-bond donors (Lipinski definition) is 1. The number of halogens is 1. The van der Waals surface area contributed by atoms with Gasteiger partial charge in [0.15, 0.2) is 0 Å². The smallest absolute Gasteiger partial charge is 0.262 e. The van der Waals surface area contributed by atoms with Gasteiger partial charge in [-0.15, -0.1) is 11.6 Å². The lowest BCUT2D eigenvalue weighted by molar-refractivity contribution is -0.134. The fraction of sp³-hybridized carbons (Fsp3) is 0.250. The van der Waals surface area contributed by atoms with Gasteiger partial charge >= 0.3 is 0 Å². The predicted octanol–water partition coefficient (Wildman–Crippen LogP) is 0.388. The van der Waals surface area contributed by atoms with Crippen molar-refractivity contribution < 1.29 is 14.4 Å². The highest BCUT2D eigenvalue weighted by Crippen LogP contribution is 2.28. The number of imide groups is 1. The van der Waals surface area contributed by atoms with Crippen LogP contribution in [0.4, 0.5) is 0 Å². The van der Waals surface area contributed by atoms with Crippen LogP contribution in [-0.4, -0.2) is 40.6 Å². The molecule has 92 valence electrons. The lowest BCUT2D eigenvalue weighted by Gasteiger charge is -2.39. The molecule has 0 aliphatic carbocycles. The first-order valence-electron chi connectivity index (χ1n) is 5.48. The van der Waals surface area contributed by atoms with Crippen LogP contribution in [0.25, 0.3) is 0 Å². The van der Waals surface area contributed by atoms with Crippen LogP contribution in [0.2, 0.25) is 0 Å². The van der Waals surface area contributed by atoms with Gasteiger partial charge in [0.1, 0.15) is 6.04 Å². The number of β-lactam (4-membered cyclic amide) rings is 1. The molecule has 1 N–H and O–H groups in total. The summed E-state index contributed by atoms with van der Waals surface area (Å²) in [5.41, 5.74) is 0.686. The van der Waals surface area contributed by atoms with Crippen molar-refractivity contribution >= 4 is 29.3 Å². The van der Waals surface area contributed by atoms with Gasteiger partial charge in [-0.25, -0.2) is 0 Å². The second-order valence-corrected chi connectivity index (χ2v) is 4.55. The number of rotatable bonds is 2. The van der Waals surface area contributed by atoms with E-state index >= 15 is 0 Å². The zero-order valence-corrected chi connectivity index (χ0v) is 9.98. The zero-order valence-electron chi connectivity index (χ0n) is 9.22. The molecule has 0 unspecified atom stereocenters. The number of fused-ring (bicyclic) bond motifs is 1. The Hall–Kier alpha value is -1.88. The first-order chi connectivity index (χ1) is 8.65. The number of hydrogen-bond acceptors (Lipinski definition) is 3. The van der Waals surface area contributed by atoms with Crippen molar-refractivity contribution in [3.63, 3.8) is 0 Å². The number of amides is 3. The molecule has 0 radical (unpaired) electrons. The molecule has 1 aromatic carbocycles. The van der Waals surface area contributed by atoms with Gasteiger partial charge in [-0.05, 0) is 12.1 Å². The first-order valence-corrected chi connectivity index (χ1v) is 6.02. The van der Waals surface area contributed by atoms with Crippen molar-refractivity contribution in [3.8, 4) is 0 Å². The van der Waals surface area contributed by atoms with Crippen LogP contribution in [0, 0.1) is 0 Å². The predicted molar refractivity (Wildman–Crippen MR) is 63.4 cm³/mol. The van der Waals surface area contributed by atoms with Crippen molar-refractivity contribution in [2.75, 3.05) is 5.88 Å². The molecule has 1 fully saturated rings. The highest BCUT2D eigenvalue weighted by atomic mass is 35.5. The van der Waals surface area contributed by atoms with Crippen molar-refractivity contribution in [1.29, 1.82) is 0 Å². The maximum atomic E-state index is 12.1. The Morgan fingerprint density at radius 3 is 2.11 bits per heavy atom. The van der Waals surface area contributed by atoms with Gasteiger partial charge in [0.2, 0.25) is 5.91 Å². The van der Waals surface area contributed by atoms with Gasteiger partial charge in [-0.1, -0.05) is 12.1 Å². The topological polar surface area (TPSA) is 66.5 Å². The van der Waals surface area contributed by atoms with E-state index in [9.17, 15) is 14.4 Å². The fourth-order valence-electron chi connectivity index (χ4n) is 2.31. The van der Waals surface area contributed by atoms with Crippen LogP contribution >= 0.6 is 11.6 Å². The Balaban J connectivity index is 2.00. The Bertz CT molecular complexity index is 537. The first kappa shape index (κ1) is 11.2. The van der Waals surface area contributed by atoms with E-state index in [1.807, 2.05) is 0 Å². The zero-order chi connectivity index (χ0) is 12.9. The second-order valence-electron chi connectivity index (χ2n) is 4.24. The standard InChI is InChI=1S/C12H9ClN2O3/c13-5-8-9(10(16)14-8)15-11(17)6-3-1-2-4-7(6)12(15)18/h1-4,8-9H,5H2,(H,14,16)/t8-,9+/m1/s1. The Morgan fingerprint density at radius 2 is 1.67 bits per heavy atom. The average Bonchev–Trinajstić information content (AvgIpc) is 2.62. The minimum Gasteiger partial charge on any atom is -0.348 e. The maximum Gasteiger partial charge on any atom is 0.262 e. The molecule has 3 amide bonds. The third-order valence-electron chi connectivity index (χ3n) is 3.25. The van der Waals surface area contributed by atoms with Crippen molar-refractivity contribution in [3.05, 3.63) is 35.4 Å². The van der Waals surface area contributed by atoms with Crippen molar-refractivity contribution in [1.82, 2.24) is 10.2 Å². The van der Waals surface area contributed by atoms with E-state index < -0.39 is 17.9 Å². The number of nitrogens with zero attached hydrogens (tertiary/aromatic N) is 1. The van der Waals surface area contributed by atoms with Crippen molar-refractivity contribution in [2.45, 2.75) is 12.1 Å². The normalized spacial score (nSPS) is 25.8. The molecule has 5 nitrogen and oxygen atoms in total. The Morgan fingerprint density at radius 1 is 1.11 bits per heavy atom. The van der Waals surface area contributed by atoms with E-state index in [4.69, 9.17) is 11.6 Å². The van der Waals surface area contributed by atoms with Gasteiger partial charge < -0.3 is 5.32 Å². The van der Waals surface area contributed by atoms with E-state index in [0.717, 1.165) is 4.90 Å². The minimum atomic E-state index is -0.782. The molecular weight excluding hydrogens is 256 g/mol. The summed E-state index contributed by atoms with van der Waals surface area (Å²) in [6.07, 6.45) is 0. The maximum absolute atomic E-state index is 12.1. The molecule has 1 saturated heterocycles. The second kappa shape index (κ2) is 3.81. The molecule has 2 aliphatic rings.